The van der Waals surface area contributed by atoms with E-state index in [9.17, 15) is 9.59 Å². The van der Waals surface area contributed by atoms with Crippen LogP contribution in [-0.4, -0.2) is 77.1 Å². The first-order valence-corrected chi connectivity index (χ1v) is 7.05. The predicted octanol–water partition coefficient (Wildman–Crippen LogP) is 0.539. The smallest absolute Gasteiger partial charge is 0.320 e. The van der Waals surface area contributed by atoms with Gasteiger partial charge < -0.3 is 19.8 Å². The van der Waals surface area contributed by atoms with E-state index >= 15 is 0 Å². The molecule has 0 aromatic carbocycles. The van der Waals surface area contributed by atoms with Crippen molar-refractivity contribution >= 4 is 12.0 Å². The quantitative estimate of drug-likeness (QED) is 0.794. The Bertz CT molecular complexity index is 353. The number of hydrogen-bond donors (Lipinski definition) is 1. The normalized spacial score (nSPS) is 28.7. The fourth-order valence-corrected chi connectivity index (χ4v) is 2.98. The lowest BCUT2D eigenvalue weighted by Crippen LogP contribution is -2.53. The summed E-state index contributed by atoms with van der Waals surface area (Å²) in [6.45, 7) is 8.85. The average molecular weight is 269 g/mol. The Morgan fingerprint density at radius 3 is 2.26 bits per heavy atom. The van der Waals surface area contributed by atoms with Gasteiger partial charge in [0.25, 0.3) is 0 Å². The molecule has 6 heteroatoms. The summed E-state index contributed by atoms with van der Waals surface area (Å²) in [6, 6.07) is -0.193. The maximum absolute atomic E-state index is 12.4. The van der Waals surface area contributed by atoms with E-state index in [1.165, 1.54) is 0 Å². The summed E-state index contributed by atoms with van der Waals surface area (Å²) in [4.78, 5) is 29.4. The summed E-state index contributed by atoms with van der Waals surface area (Å²) in [5.74, 6) is -1.21. The van der Waals surface area contributed by atoms with Gasteiger partial charge in [0.15, 0.2) is 0 Å². The van der Waals surface area contributed by atoms with Gasteiger partial charge in [-0.15, -0.1) is 0 Å². The largest absolute Gasteiger partial charge is 0.481 e. The summed E-state index contributed by atoms with van der Waals surface area (Å²) in [6.07, 6.45) is 0.567. The van der Waals surface area contributed by atoms with Crippen molar-refractivity contribution in [3.05, 3.63) is 0 Å². The lowest BCUT2D eigenvalue weighted by molar-refractivity contribution is -0.142. The number of amides is 2. The van der Waals surface area contributed by atoms with Gasteiger partial charge in [-0.05, 0) is 19.9 Å². The number of rotatable bonds is 2. The molecule has 0 aromatic rings. The highest BCUT2D eigenvalue weighted by Crippen LogP contribution is 2.25. The summed E-state index contributed by atoms with van der Waals surface area (Å²) >= 11 is 0. The van der Waals surface area contributed by atoms with Crippen LogP contribution in [0.25, 0.3) is 0 Å². The molecule has 6 nitrogen and oxygen atoms in total. The maximum atomic E-state index is 12.4. The van der Waals surface area contributed by atoms with Crippen molar-refractivity contribution < 1.29 is 14.7 Å². The molecule has 0 bridgehead atoms. The highest BCUT2D eigenvalue weighted by molar-refractivity contribution is 5.78. The molecule has 2 saturated heterocycles. The van der Waals surface area contributed by atoms with E-state index in [2.05, 4.69) is 11.8 Å². The number of likely N-dealkylation sites (tertiary alicyclic amines) is 1. The van der Waals surface area contributed by atoms with Gasteiger partial charge in [0, 0.05) is 38.8 Å². The summed E-state index contributed by atoms with van der Waals surface area (Å²) < 4.78 is 0. The topological polar surface area (TPSA) is 64.1 Å². The van der Waals surface area contributed by atoms with Crippen LogP contribution in [0, 0.1) is 5.92 Å². The Labute approximate surface area is 114 Å². The zero-order valence-corrected chi connectivity index (χ0v) is 11.7. The average Bonchev–Trinajstić information content (AvgIpc) is 2.80. The third-order valence-corrected chi connectivity index (χ3v) is 4.41. The molecular formula is C13H23N3O3. The lowest BCUT2D eigenvalue weighted by Gasteiger charge is -2.37. The predicted molar refractivity (Wildman–Crippen MR) is 71.0 cm³/mol. The minimum Gasteiger partial charge on any atom is -0.481 e. The van der Waals surface area contributed by atoms with Crippen molar-refractivity contribution in [3.63, 3.8) is 0 Å². The first-order valence-electron chi connectivity index (χ1n) is 7.05. The molecule has 1 N–H and O–H groups in total. The zero-order chi connectivity index (χ0) is 14.0. The molecular weight excluding hydrogens is 246 g/mol. The molecule has 2 heterocycles. The van der Waals surface area contributed by atoms with E-state index < -0.39 is 11.9 Å². The molecule has 0 spiro atoms. The number of piperazine rings is 1. The molecule has 0 saturated carbocycles. The van der Waals surface area contributed by atoms with Crippen LogP contribution < -0.4 is 0 Å². The number of nitrogens with zero attached hydrogens (tertiary/aromatic N) is 3. The van der Waals surface area contributed by atoms with Gasteiger partial charge in [-0.2, -0.15) is 0 Å². The van der Waals surface area contributed by atoms with Crippen molar-refractivity contribution in [3.8, 4) is 0 Å². The third-order valence-electron chi connectivity index (χ3n) is 4.41. The molecule has 0 aromatic heterocycles. The molecule has 2 unspecified atom stereocenters. The lowest BCUT2D eigenvalue weighted by atomic mass is 10.0. The SMILES string of the molecule is CCN1CCN(C(=O)N2CCC(C(=O)O)C2C)CC1. The second kappa shape index (κ2) is 5.77. The van der Waals surface area contributed by atoms with Crippen molar-refractivity contribution in [2.45, 2.75) is 26.3 Å². The second-order valence-electron chi connectivity index (χ2n) is 5.37. The first kappa shape index (κ1) is 14.1. The van der Waals surface area contributed by atoms with E-state index in [1.807, 2.05) is 11.8 Å². The number of carbonyl (C=O) groups excluding carboxylic acids is 1. The maximum Gasteiger partial charge on any atom is 0.320 e. The third kappa shape index (κ3) is 2.83. The standard InChI is InChI=1S/C13H23N3O3/c1-3-14-6-8-15(9-7-14)13(19)16-5-4-11(10(16)2)12(17)18/h10-11H,3-9H2,1-2H3,(H,17,18). The molecule has 2 aliphatic rings. The van der Waals surface area contributed by atoms with Crippen molar-refractivity contribution in [1.29, 1.82) is 0 Å². The fraction of sp³-hybridized carbons (Fsp3) is 0.846. The molecule has 19 heavy (non-hydrogen) atoms. The van der Waals surface area contributed by atoms with Gasteiger partial charge in [0.1, 0.15) is 0 Å². The molecule has 2 aliphatic heterocycles. The Balaban J connectivity index is 1.92. The van der Waals surface area contributed by atoms with Gasteiger partial charge in [-0.25, -0.2) is 4.79 Å². The van der Waals surface area contributed by atoms with Crippen LogP contribution in [0.5, 0.6) is 0 Å². The number of carboxylic acid groups (broad SMARTS) is 1. The van der Waals surface area contributed by atoms with Gasteiger partial charge in [0.2, 0.25) is 0 Å². The zero-order valence-electron chi connectivity index (χ0n) is 11.7. The van der Waals surface area contributed by atoms with Crippen LogP contribution in [0.15, 0.2) is 0 Å². The van der Waals surface area contributed by atoms with E-state index in [1.54, 1.807) is 4.90 Å². The monoisotopic (exact) mass is 269 g/mol. The van der Waals surface area contributed by atoms with E-state index in [0.29, 0.717) is 13.0 Å². The van der Waals surface area contributed by atoms with Crippen LogP contribution in [0.3, 0.4) is 0 Å². The fourth-order valence-electron chi connectivity index (χ4n) is 2.98. The number of carbonyl (C=O) groups is 2. The Morgan fingerprint density at radius 2 is 1.79 bits per heavy atom. The van der Waals surface area contributed by atoms with E-state index in [0.717, 1.165) is 32.7 Å². The van der Waals surface area contributed by atoms with Gasteiger partial charge in [-0.3, -0.25) is 4.79 Å². The molecule has 2 rings (SSSR count). The minimum absolute atomic E-state index is 0.00648. The summed E-state index contributed by atoms with van der Waals surface area (Å²) in [7, 11) is 0. The first-order chi connectivity index (χ1) is 9.04. The highest BCUT2D eigenvalue weighted by Gasteiger charge is 2.39. The van der Waals surface area contributed by atoms with Gasteiger partial charge in [0.05, 0.1) is 5.92 Å². The van der Waals surface area contributed by atoms with Crippen LogP contribution in [0.1, 0.15) is 20.3 Å². The van der Waals surface area contributed by atoms with Gasteiger partial charge >= 0.3 is 12.0 Å². The number of carboxylic acids is 1. The Kier molecular flexibility index (Phi) is 4.29. The molecule has 0 radical (unpaired) electrons. The molecule has 0 aliphatic carbocycles. The molecule has 2 atom stereocenters. The number of likely N-dealkylation sites (N-methyl/N-ethyl adjacent to an activating group) is 1. The number of aliphatic carboxylic acids is 1. The minimum atomic E-state index is -0.793. The van der Waals surface area contributed by atoms with Crippen LogP contribution in [-0.2, 0) is 4.79 Å². The van der Waals surface area contributed by atoms with Crippen molar-refractivity contribution in [2.75, 3.05) is 39.3 Å². The highest BCUT2D eigenvalue weighted by atomic mass is 16.4. The second-order valence-corrected chi connectivity index (χ2v) is 5.37. The summed E-state index contributed by atoms with van der Waals surface area (Å²) in [5.41, 5.74) is 0. The van der Waals surface area contributed by atoms with Gasteiger partial charge in [-0.1, -0.05) is 6.92 Å². The van der Waals surface area contributed by atoms with Crippen LogP contribution in [0.4, 0.5) is 4.79 Å². The van der Waals surface area contributed by atoms with Crippen molar-refractivity contribution in [2.24, 2.45) is 5.92 Å². The van der Waals surface area contributed by atoms with Crippen LogP contribution in [0.2, 0.25) is 0 Å². The van der Waals surface area contributed by atoms with Crippen molar-refractivity contribution in [1.82, 2.24) is 14.7 Å². The van der Waals surface area contributed by atoms with E-state index in [-0.39, 0.29) is 12.1 Å². The number of urea groups is 1. The Morgan fingerprint density at radius 1 is 1.16 bits per heavy atom. The molecule has 2 fully saturated rings. The number of hydrogen-bond acceptors (Lipinski definition) is 3. The molecule has 2 amide bonds. The summed E-state index contributed by atoms with van der Waals surface area (Å²) in [5, 5.41) is 9.10. The van der Waals surface area contributed by atoms with Crippen LogP contribution >= 0.6 is 0 Å². The Hall–Kier alpha value is -1.30. The van der Waals surface area contributed by atoms with E-state index in [4.69, 9.17) is 5.11 Å². The molecule has 108 valence electrons.